The number of hydrogen-bond acceptors (Lipinski definition) is 3. The number of halogens is 3. The highest BCUT2D eigenvalue weighted by Gasteiger charge is 2.41. The predicted octanol–water partition coefficient (Wildman–Crippen LogP) is 0.955. The highest BCUT2D eigenvalue weighted by Crippen LogP contribution is 2.27. The van der Waals surface area contributed by atoms with E-state index >= 15 is 0 Å². The molecular formula is C9H10F3NO4. The average molecular weight is 253 g/mol. The Balaban J connectivity index is 5.22. The molecular weight excluding hydrogens is 243 g/mol. The van der Waals surface area contributed by atoms with E-state index in [1.165, 1.54) is 0 Å². The first-order chi connectivity index (χ1) is 7.61. The molecule has 0 heterocycles. The van der Waals surface area contributed by atoms with E-state index in [0.717, 1.165) is 13.8 Å². The summed E-state index contributed by atoms with van der Waals surface area (Å²) in [6.07, 6.45) is -4.45. The number of aliphatic carboxylic acids is 1. The number of amides is 2. The molecule has 0 radical (unpaired) electrons. The Morgan fingerprint density at radius 3 is 2.00 bits per heavy atom. The van der Waals surface area contributed by atoms with Gasteiger partial charge in [-0.05, 0) is 6.92 Å². The first kappa shape index (κ1) is 15.1. The van der Waals surface area contributed by atoms with Gasteiger partial charge in [-0.15, -0.1) is 0 Å². The molecule has 0 spiro atoms. The molecule has 0 aromatic carbocycles. The summed E-state index contributed by atoms with van der Waals surface area (Å²) in [6, 6.07) is 0. The van der Waals surface area contributed by atoms with Gasteiger partial charge in [0.25, 0.3) is 5.91 Å². The Bertz CT molecular complexity index is 373. The van der Waals surface area contributed by atoms with Crippen molar-refractivity contribution < 1.29 is 32.7 Å². The van der Waals surface area contributed by atoms with Gasteiger partial charge >= 0.3 is 12.1 Å². The molecule has 17 heavy (non-hydrogen) atoms. The molecule has 5 nitrogen and oxygen atoms in total. The van der Waals surface area contributed by atoms with Gasteiger partial charge < -0.3 is 5.11 Å². The van der Waals surface area contributed by atoms with Crippen LogP contribution in [0.4, 0.5) is 13.2 Å². The van der Waals surface area contributed by atoms with Gasteiger partial charge in [0.2, 0.25) is 5.91 Å². The summed E-state index contributed by atoms with van der Waals surface area (Å²) >= 11 is 0. The largest absolute Gasteiger partial charge is 0.480 e. The molecule has 0 atom stereocenters. The number of hydrogen-bond donors (Lipinski definition) is 1. The number of allylic oxidation sites excluding steroid dienone is 1. The van der Waals surface area contributed by atoms with Gasteiger partial charge in [-0.25, -0.2) is 0 Å². The molecule has 96 valence electrons. The number of rotatable bonds is 3. The number of imide groups is 1. The van der Waals surface area contributed by atoms with Crippen molar-refractivity contribution >= 4 is 17.8 Å². The van der Waals surface area contributed by atoms with Crippen LogP contribution in [0.15, 0.2) is 11.6 Å². The normalized spacial score (nSPS) is 12.2. The molecule has 0 aromatic heterocycles. The van der Waals surface area contributed by atoms with Gasteiger partial charge in [-0.2, -0.15) is 13.2 Å². The van der Waals surface area contributed by atoms with Crippen molar-refractivity contribution in [1.82, 2.24) is 4.90 Å². The maximum atomic E-state index is 12.4. The Labute approximate surface area is 94.5 Å². The van der Waals surface area contributed by atoms with Crippen LogP contribution >= 0.6 is 0 Å². The molecule has 8 heteroatoms. The molecule has 0 aliphatic carbocycles. The fourth-order valence-corrected chi connectivity index (χ4v) is 1.02. The van der Waals surface area contributed by atoms with Gasteiger partial charge in [-0.1, -0.05) is 6.08 Å². The Hall–Kier alpha value is -1.86. The molecule has 0 saturated heterocycles. The van der Waals surface area contributed by atoms with E-state index in [1.54, 1.807) is 0 Å². The predicted molar refractivity (Wildman–Crippen MR) is 49.8 cm³/mol. The van der Waals surface area contributed by atoms with Crippen LogP contribution in [0.2, 0.25) is 0 Å². The summed E-state index contributed by atoms with van der Waals surface area (Å²) in [5.41, 5.74) is -1.58. The van der Waals surface area contributed by atoms with E-state index in [-0.39, 0.29) is 4.90 Å². The number of carboxylic acid groups (broad SMARTS) is 1. The van der Waals surface area contributed by atoms with E-state index in [9.17, 15) is 27.6 Å². The van der Waals surface area contributed by atoms with E-state index in [2.05, 4.69) is 0 Å². The molecule has 0 fully saturated rings. The van der Waals surface area contributed by atoms with Crippen molar-refractivity contribution in [2.75, 3.05) is 6.54 Å². The summed E-state index contributed by atoms with van der Waals surface area (Å²) in [6.45, 7) is 0.673. The van der Waals surface area contributed by atoms with Crippen molar-refractivity contribution in [3.63, 3.8) is 0 Å². The van der Waals surface area contributed by atoms with Crippen LogP contribution in [-0.2, 0) is 14.4 Å². The Morgan fingerprint density at radius 1 is 1.29 bits per heavy atom. The lowest BCUT2D eigenvalue weighted by Crippen LogP contribution is -2.42. The quantitative estimate of drug-likeness (QED) is 0.760. The number of alkyl halides is 3. The number of carbonyl (C=O) groups is 3. The smallest absolute Gasteiger partial charge is 0.421 e. The van der Waals surface area contributed by atoms with Crippen molar-refractivity contribution in [2.24, 2.45) is 0 Å². The van der Waals surface area contributed by atoms with Crippen molar-refractivity contribution in [3.8, 4) is 0 Å². The zero-order valence-electron chi connectivity index (χ0n) is 9.04. The highest BCUT2D eigenvalue weighted by molar-refractivity contribution is 6.06. The van der Waals surface area contributed by atoms with E-state index in [4.69, 9.17) is 5.11 Å². The molecule has 0 saturated carbocycles. The monoisotopic (exact) mass is 253 g/mol. The van der Waals surface area contributed by atoms with Crippen molar-refractivity contribution in [3.05, 3.63) is 11.6 Å². The lowest BCUT2D eigenvalue weighted by Gasteiger charge is -2.19. The summed E-state index contributed by atoms with van der Waals surface area (Å²) in [5.74, 6) is -4.32. The zero-order chi connectivity index (χ0) is 13.8. The minimum Gasteiger partial charge on any atom is -0.480 e. The molecule has 2 amide bonds. The minimum atomic E-state index is -4.93. The second kappa shape index (κ2) is 5.46. The van der Waals surface area contributed by atoms with E-state index < -0.39 is 36.1 Å². The molecule has 0 rings (SSSR count). The van der Waals surface area contributed by atoms with Crippen LogP contribution in [0.3, 0.4) is 0 Å². The van der Waals surface area contributed by atoms with E-state index in [1.807, 2.05) is 0 Å². The van der Waals surface area contributed by atoms with Crippen LogP contribution < -0.4 is 0 Å². The van der Waals surface area contributed by atoms with Crippen molar-refractivity contribution in [1.29, 1.82) is 0 Å². The lowest BCUT2D eigenvalue weighted by atomic mass is 10.2. The first-order valence-electron chi connectivity index (χ1n) is 4.39. The molecule has 1 N–H and O–H groups in total. The Kier molecular flexibility index (Phi) is 4.87. The van der Waals surface area contributed by atoms with E-state index in [0.29, 0.717) is 6.08 Å². The Morgan fingerprint density at radius 2 is 1.76 bits per heavy atom. The van der Waals surface area contributed by atoms with Gasteiger partial charge in [0, 0.05) is 6.92 Å². The fraction of sp³-hybridized carbons (Fsp3) is 0.444. The number of carboxylic acids is 1. The minimum absolute atomic E-state index is 0.0190. The lowest BCUT2D eigenvalue weighted by molar-refractivity contribution is -0.154. The van der Waals surface area contributed by atoms with Crippen LogP contribution in [-0.4, -0.2) is 40.5 Å². The SMILES string of the molecule is C/C=C(\C(=O)N(CC(=O)O)C(C)=O)C(F)(F)F. The maximum absolute atomic E-state index is 12.4. The third kappa shape index (κ3) is 4.25. The molecule has 0 aliphatic rings. The number of nitrogens with zero attached hydrogens (tertiary/aromatic N) is 1. The van der Waals surface area contributed by atoms with Gasteiger partial charge in [-0.3, -0.25) is 19.3 Å². The fourth-order valence-electron chi connectivity index (χ4n) is 1.02. The van der Waals surface area contributed by atoms with Crippen LogP contribution in [0.25, 0.3) is 0 Å². The van der Waals surface area contributed by atoms with Gasteiger partial charge in [0.05, 0.1) is 0 Å². The first-order valence-corrected chi connectivity index (χ1v) is 4.39. The number of carbonyl (C=O) groups excluding carboxylic acids is 2. The second-order valence-corrected chi connectivity index (χ2v) is 3.00. The van der Waals surface area contributed by atoms with Crippen LogP contribution in [0.1, 0.15) is 13.8 Å². The average Bonchev–Trinajstić information content (AvgIpc) is 2.11. The summed E-state index contributed by atoms with van der Waals surface area (Å²) in [4.78, 5) is 32.6. The van der Waals surface area contributed by atoms with Crippen molar-refractivity contribution in [2.45, 2.75) is 20.0 Å². The van der Waals surface area contributed by atoms with Crippen LogP contribution in [0.5, 0.6) is 0 Å². The van der Waals surface area contributed by atoms with Gasteiger partial charge in [0.15, 0.2) is 0 Å². The van der Waals surface area contributed by atoms with Gasteiger partial charge in [0.1, 0.15) is 12.1 Å². The summed E-state index contributed by atoms with van der Waals surface area (Å²) in [5, 5.41) is 8.39. The maximum Gasteiger partial charge on any atom is 0.421 e. The molecule has 0 bridgehead atoms. The summed E-state index contributed by atoms with van der Waals surface area (Å²) < 4.78 is 37.1. The third-order valence-electron chi connectivity index (χ3n) is 1.74. The standard InChI is InChI=1S/C9H10F3NO4/c1-3-6(9(10,11)12)8(17)13(5(2)14)4-7(15)16/h3H,4H2,1-2H3,(H,15,16)/b6-3+. The second-order valence-electron chi connectivity index (χ2n) is 3.00. The zero-order valence-corrected chi connectivity index (χ0v) is 9.04. The van der Waals surface area contributed by atoms with Crippen LogP contribution in [0, 0.1) is 0 Å². The highest BCUT2D eigenvalue weighted by atomic mass is 19.4. The molecule has 0 unspecified atom stereocenters. The molecule has 0 aromatic rings. The summed E-state index contributed by atoms with van der Waals surface area (Å²) in [7, 11) is 0. The third-order valence-corrected chi connectivity index (χ3v) is 1.74. The topological polar surface area (TPSA) is 74.7 Å². The molecule has 0 aliphatic heterocycles.